The predicted molar refractivity (Wildman–Crippen MR) is 194 cm³/mol. The normalized spacial score (nSPS) is 15.0. The van der Waals surface area contributed by atoms with Gasteiger partial charge in [-0.25, -0.2) is 23.1 Å². The number of nitrogens with one attached hydrogen (secondary N) is 2. The molecule has 47 heavy (non-hydrogen) atoms. The average Bonchev–Trinajstić information content (AvgIpc) is 3.36. The van der Waals surface area contributed by atoms with E-state index in [0.717, 1.165) is 29.2 Å². The van der Waals surface area contributed by atoms with Crippen LogP contribution in [0.2, 0.25) is 20.1 Å². The molecular formula is C34H40Cl4N4O4S. The summed E-state index contributed by atoms with van der Waals surface area (Å²) in [7, 11) is -4.04. The third-order valence-electron chi connectivity index (χ3n) is 8.61. The number of amides is 1. The summed E-state index contributed by atoms with van der Waals surface area (Å²) in [6.07, 6.45) is 2.23. The Morgan fingerprint density at radius 1 is 0.915 bits per heavy atom. The number of aliphatic imine (C=N–C) groups is 1. The van der Waals surface area contributed by atoms with E-state index in [2.05, 4.69) is 68.8 Å². The summed E-state index contributed by atoms with van der Waals surface area (Å²) in [6.45, 7) is 13.7. The molecule has 0 aromatic heterocycles. The summed E-state index contributed by atoms with van der Waals surface area (Å²) in [4.78, 5) is 17.2. The van der Waals surface area contributed by atoms with Gasteiger partial charge in [-0.2, -0.15) is 0 Å². The molecule has 3 aromatic rings. The third-order valence-corrected chi connectivity index (χ3v) is 11.1. The number of ether oxygens (including phenoxy) is 1. The smallest absolute Gasteiger partial charge is 0.253 e. The van der Waals surface area contributed by atoms with Crippen molar-refractivity contribution < 1.29 is 17.9 Å². The van der Waals surface area contributed by atoms with Crippen LogP contribution in [0.4, 0.5) is 11.4 Å². The minimum absolute atomic E-state index is 0.0419. The van der Waals surface area contributed by atoms with Crippen molar-refractivity contribution >= 4 is 79.5 Å². The maximum absolute atomic E-state index is 13.4. The molecule has 1 aliphatic heterocycles. The number of anilines is 1. The Balaban J connectivity index is 1.46. The van der Waals surface area contributed by atoms with E-state index in [9.17, 15) is 13.2 Å². The van der Waals surface area contributed by atoms with Crippen LogP contribution in [-0.4, -0.2) is 33.3 Å². The zero-order chi connectivity index (χ0) is 34.7. The summed E-state index contributed by atoms with van der Waals surface area (Å²) in [5.74, 6) is 0.612. The number of amidine groups is 1. The lowest BCUT2D eigenvalue weighted by Gasteiger charge is -2.30. The van der Waals surface area contributed by atoms with E-state index in [-0.39, 0.29) is 66.9 Å². The summed E-state index contributed by atoms with van der Waals surface area (Å²) in [5, 5.41) is 2.02. The fourth-order valence-corrected chi connectivity index (χ4v) is 7.39. The highest BCUT2D eigenvalue weighted by Crippen LogP contribution is 2.39. The molecule has 0 unspecified atom stereocenters. The van der Waals surface area contributed by atoms with Gasteiger partial charge in [-0.3, -0.25) is 10.2 Å². The number of hydrogen-bond acceptors (Lipinski definition) is 5. The lowest BCUT2D eigenvalue weighted by Crippen LogP contribution is -2.36. The number of hydrogen-bond donors (Lipinski definition) is 2. The summed E-state index contributed by atoms with van der Waals surface area (Å²) in [6, 6.07) is 13.6. The van der Waals surface area contributed by atoms with Crippen LogP contribution in [0.5, 0.6) is 5.75 Å². The number of halogens is 4. The molecule has 1 saturated heterocycles. The van der Waals surface area contributed by atoms with E-state index in [1.54, 1.807) is 0 Å². The summed E-state index contributed by atoms with van der Waals surface area (Å²) < 4.78 is 35.7. The second kappa shape index (κ2) is 14.9. The van der Waals surface area contributed by atoms with Gasteiger partial charge >= 0.3 is 0 Å². The number of hydrazine groups is 1. The van der Waals surface area contributed by atoms with Crippen molar-refractivity contribution in [1.82, 2.24) is 10.1 Å². The van der Waals surface area contributed by atoms with Crippen LogP contribution >= 0.6 is 46.4 Å². The first-order valence-corrected chi connectivity index (χ1v) is 18.4. The van der Waals surface area contributed by atoms with Gasteiger partial charge in [0.25, 0.3) is 5.91 Å². The van der Waals surface area contributed by atoms with Crippen molar-refractivity contribution in [3.63, 3.8) is 0 Å². The maximum Gasteiger partial charge on any atom is 0.253 e. The Bertz CT molecular complexity index is 1770. The highest BCUT2D eigenvalue weighted by Gasteiger charge is 2.31. The lowest BCUT2D eigenvalue weighted by atomic mass is 9.76. The first kappa shape index (κ1) is 37.3. The van der Waals surface area contributed by atoms with Crippen molar-refractivity contribution in [3.8, 4) is 5.75 Å². The molecule has 1 amide bonds. The number of rotatable bonds is 13. The second-order valence-corrected chi connectivity index (χ2v) is 16.1. The maximum atomic E-state index is 13.4. The standard InChI is InChI=1S/C34H40Cl4N4O4S/c1-7-33(3,4)21-10-13-28(24(16-21)34(5,6)8-2)46-15-9-14-39-47(44,45)29-19-22(35)11-12-27(29)40-30-20-31(43)42(41-30)32-25(37)17-23(36)18-26(32)38/h10-13,16-19,39H,7-9,14-15,20H2,1-6H3,(H,40,41). The van der Waals surface area contributed by atoms with Gasteiger partial charge < -0.3 is 4.74 Å². The van der Waals surface area contributed by atoms with Crippen molar-refractivity contribution in [2.75, 3.05) is 18.2 Å². The van der Waals surface area contributed by atoms with E-state index in [1.807, 2.05) is 6.07 Å². The van der Waals surface area contributed by atoms with Crippen molar-refractivity contribution in [1.29, 1.82) is 0 Å². The molecule has 254 valence electrons. The molecule has 3 aromatic carbocycles. The molecule has 0 radical (unpaired) electrons. The molecule has 1 heterocycles. The zero-order valence-corrected chi connectivity index (χ0v) is 31.1. The summed E-state index contributed by atoms with van der Waals surface area (Å²) >= 11 is 24.8. The topological polar surface area (TPSA) is 100 Å². The molecule has 0 atom stereocenters. The van der Waals surface area contributed by atoms with E-state index >= 15 is 0 Å². The fraction of sp³-hybridized carbons (Fsp3) is 0.412. The van der Waals surface area contributed by atoms with Gasteiger partial charge in [0.15, 0.2) is 0 Å². The average molecular weight is 743 g/mol. The SMILES string of the molecule is CCC(C)(C)c1ccc(OCCCNS(=O)(=O)c2cc(Cl)ccc2N=C2CC(=O)N(c3c(Cl)cc(Cl)cc3Cl)N2)c(C(C)(C)CC)c1. The number of benzene rings is 3. The minimum Gasteiger partial charge on any atom is -0.493 e. The zero-order valence-electron chi connectivity index (χ0n) is 27.3. The Morgan fingerprint density at radius 2 is 1.57 bits per heavy atom. The van der Waals surface area contributed by atoms with Crippen LogP contribution in [0.1, 0.15) is 78.4 Å². The van der Waals surface area contributed by atoms with Gasteiger partial charge in [-0.1, -0.05) is 100 Å². The monoisotopic (exact) mass is 740 g/mol. The molecular weight excluding hydrogens is 702 g/mol. The van der Waals surface area contributed by atoms with Crippen LogP contribution in [0, 0.1) is 0 Å². The predicted octanol–water partition coefficient (Wildman–Crippen LogP) is 9.39. The van der Waals surface area contributed by atoms with Crippen molar-refractivity contribution in [3.05, 3.63) is 79.7 Å². The number of carbonyl (C=O) groups excluding carboxylic acids is 1. The van der Waals surface area contributed by atoms with Crippen molar-refractivity contribution in [2.45, 2.75) is 83.0 Å². The molecule has 4 rings (SSSR count). The number of sulfonamides is 1. The molecule has 0 saturated carbocycles. The number of nitrogens with zero attached hydrogens (tertiary/aromatic N) is 2. The molecule has 2 N–H and O–H groups in total. The minimum atomic E-state index is -4.04. The number of carbonyl (C=O) groups is 1. The van der Waals surface area contributed by atoms with Crippen LogP contribution in [0.15, 0.2) is 58.4 Å². The second-order valence-electron chi connectivity index (χ2n) is 12.7. The molecule has 1 fully saturated rings. The van der Waals surface area contributed by atoms with E-state index in [0.29, 0.717) is 18.1 Å². The Labute approximate surface area is 297 Å². The van der Waals surface area contributed by atoms with Gasteiger partial charge in [0.2, 0.25) is 10.0 Å². The molecule has 1 aliphatic rings. The van der Waals surface area contributed by atoms with Crippen LogP contribution < -0.4 is 19.9 Å². The van der Waals surface area contributed by atoms with E-state index < -0.39 is 10.0 Å². The largest absolute Gasteiger partial charge is 0.493 e. The van der Waals surface area contributed by atoms with Crippen molar-refractivity contribution in [2.24, 2.45) is 4.99 Å². The van der Waals surface area contributed by atoms with Crippen LogP contribution in [0.3, 0.4) is 0 Å². The third kappa shape index (κ3) is 8.74. The molecule has 0 aliphatic carbocycles. The fourth-order valence-electron chi connectivity index (χ4n) is 4.93. The quantitative estimate of drug-likeness (QED) is 0.170. The highest BCUT2D eigenvalue weighted by molar-refractivity contribution is 7.89. The molecule has 13 heteroatoms. The summed E-state index contributed by atoms with van der Waals surface area (Å²) in [5.41, 5.74) is 5.54. The molecule has 8 nitrogen and oxygen atoms in total. The van der Waals surface area contributed by atoms with Gasteiger partial charge in [-0.05, 0) is 72.1 Å². The van der Waals surface area contributed by atoms with Gasteiger partial charge in [0.05, 0.1) is 28.8 Å². The Morgan fingerprint density at radius 3 is 2.21 bits per heavy atom. The Kier molecular flexibility index (Phi) is 11.8. The van der Waals surface area contributed by atoms with Gasteiger partial charge in [0.1, 0.15) is 22.2 Å². The van der Waals surface area contributed by atoms with Crippen LogP contribution in [-0.2, 0) is 25.6 Å². The van der Waals surface area contributed by atoms with Crippen LogP contribution in [0.25, 0.3) is 0 Å². The van der Waals surface area contributed by atoms with E-state index in [1.165, 1.54) is 35.9 Å². The first-order chi connectivity index (χ1) is 22.0. The van der Waals surface area contributed by atoms with Gasteiger partial charge in [0, 0.05) is 22.2 Å². The lowest BCUT2D eigenvalue weighted by molar-refractivity contribution is -0.116. The van der Waals surface area contributed by atoms with E-state index in [4.69, 9.17) is 51.1 Å². The van der Waals surface area contributed by atoms with Gasteiger partial charge in [-0.15, -0.1) is 0 Å². The first-order valence-electron chi connectivity index (χ1n) is 15.4. The highest BCUT2D eigenvalue weighted by atomic mass is 35.5. The molecule has 0 bridgehead atoms. The Hall–Kier alpha value is -2.53. The molecule has 0 spiro atoms.